The van der Waals surface area contributed by atoms with Crippen LogP contribution >= 0.6 is 7.49 Å². The van der Waals surface area contributed by atoms with Gasteiger partial charge < -0.3 is 9.80 Å². The van der Waals surface area contributed by atoms with Crippen LogP contribution in [0.4, 0.5) is 34.1 Å². The van der Waals surface area contributed by atoms with Crippen molar-refractivity contribution in [2.75, 3.05) is 9.80 Å². The van der Waals surface area contributed by atoms with Crippen LogP contribution in [0.15, 0.2) is 188 Å². The molecule has 9 aromatic rings. The molecule has 0 bridgehead atoms. The Bertz CT molecular complexity index is 2670. The number of hydrogen-bond donors (Lipinski definition) is 1. The highest BCUT2D eigenvalue weighted by atomic mass is 31.2. The van der Waals surface area contributed by atoms with Gasteiger partial charge in [-0.15, -0.1) is 0 Å². The smallest absolute Gasteiger partial charge is 0.240 e. The highest BCUT2D eigenvalue weighted by Crippen LogP contribution is 2.59. The molecule has 1 heterocycles. The summed E-state index contributed by atoms with van der Waals surface area (Å²) in [5.41, 5.74) is 8.71. The molecule has 1 aliphatic heterocycles. The highest BCUT2D eigenvalue weighted by molar-refractivity contribution is 7.92. The first-order chi connectivity index (χ1) is 26.5. The Balaban J connectivity index is 1.31. The molecule has 0 fully saturated rings. The van der Waals surface area contributed by atoms with E-state index < -0.39 is 7.49 Å². The van der Waals surface area contributed by atoms with Gasteiger partial charge in [0.05, 0.1) is 11.4 Å². The fourth-order valence-corrected chi connectivity index (χ4v) is 11.5. The van der Waals surface area contributed by atoms with Gasteiger partial charge in [-0.1, -0.05) is 114 Å². The molecule has 9 aromatic carbocycles. The normalized spacial score (nSPS) is 12.9. The van der Waals surface area contributed by atoms with E-state index in [1.165, 1.54) is 21.9 Å². The van der Waals surface area contributed by atoms with Crippen molar-refractivity contribution >= 4 is 89.8 Å². The lowest BCUT2D eigenvalue weighted by atomic mass is 9.94. The lowest BCUT2D eigenvalue weighted by Gasteiger charge is -2.32. The van der Waals surface area contributed by atoms with Crippen LogP contribution in [0.1, 0.15) is 11.1 Å². The molecule has 0 amide bonds. The number of rotatable bonds is 7. The number of benzene rings is 9. The zero-order chi connectivity index (χ0) is 36.4. The van der Waals surface area contributed by atoms with Gasteiger partial charge in [0, 0.05) is 51.0 Å². The lowest BCUT2D eigenvalue weighted by Crippen LogP contribution is -2.34. The summed E-state index contributed by atoms with van der Waals surface area (Å²) in [7, 11) is -3.23. The molecule has 258 valence electrons. The average molecular weight is 714 g/mol. The number of anilines is 6. The van der Waals surface area contributed by atoms with Gasteiger partial charge in [0.2, 0.25) is 7.49 Å². The van der Waals surface area contributed by atoms with Crippen LogP contribution in [-0.4, -0.2) is 4.89 Å². The van der Waals surface area contributed by atoms with Gasteiger partial charge in [-0.2, -0.15) is 0 Å². The zero-order valence-electron chi connectivity index (χ0n) is 30.2. The minimum absolute atomic E-state index is 0.941. The van der Waals surface area contributed by atoms with E-state index in [1.54, 1.807) is 0 Å². The maximum atomic E-state index is 14.0. The third-order valence-corrected chi connectivity index (χ3v) is 14.0. The van der Waals surface area contributed by atoms with Crippen molar-refractivity contribution in [2.24, 2.45) is 0 Å². The Labute approximate surface area is 316 Å². The van der Waals surface area contributed by atoms with Crippen molar-refractivity contribution in [3.63, 3.8) is 0 Å². The summed E-state index contributed by atoms with van der Waals surface area (Å²) in [6.07, 6.45) is 0. The monoisotopic (exact) mass is 713 g/mol. The van der Waals surface area contributed by atoms with Gasteiger partial charge in [-0.3, -0.25) is 0 Å². The first-order valence-corrected chi connectivity index (χ1v) is 20.2. The summed E-state index contributed by atoms with van der Waals surface area (Å²) in [6, 6.07) is 67.0. The summed E-state index contributed by atoms with van der Waals surface area (Å²) in [4.78, 5) is 18.6. The van der Waals surface area contributed by atoms with Crippen molar-refractivity contribution in [2.45, 2.75) is 13.8 Å². The Kier molecular flexibility index (Phi) is 7.63. The summed E-state index contributed by atoms with van der Waals surface area (Å²) >= 11 is 0. The quantitative estimate of drug-likeness (QED) is 0.132. The van der Waals surface area contributed by atoms with Crippen LogP contribution in [0.3, 0.4) is 0 Å². The fraction of sp³-hybridized carbons (Fsp3) is 0.0400. The van der Waals surface area contributed by atoms with Crippen LogP contribution in [0.25, 0.3) is 32.3 Å². The second kappa shape index (κ2) is 12.7. The first-order valence-electron chi connectivity index (χ1n) is 18.5. The minimum Gasteiger partial charge on any atom is -0.310 e. The lowest BCUT2D eigenvalue weighted by molar-refractivity contribution is 0.634. The number of nitrogens with zero attached hydrogens (tertiary/aromatic N) is 2. The van der Waals surface area contributed by atoms with Crippen molar-refractivity contribution in [3.8, 4) is 0 Å². The highest BCUT2D eigenvalue weighted by Gasteiger charge is 2.50. The SMILES string of the molecule is Cc1ccc(N(c2ccccc2)c2cc3c4c(ccc5ccc6cc(N(c7ccccc7)c7ccc(C)cc7)cc(c6c54)[P+]3(O)c3ccccc3)c2)cc1. The molecule has 0 atom stereocenters. The standard InChI is InChI=1S/C50H38N2OP/c1-34-18-26-41(27-19-34)51(39-12-6-3-7-13-39)43-30-37-24-22-36-23-25-38-31-44(52(40-14-8-4-9-15-40)42-28-20-35(2)21-29-42)33-47-49(38)50(36)48(37)46(32-43)54(47,53)45-16-10-5-11-17-45/h3-33,53H,1-2H3/q+1. The zero-order valence-corrected chi connectivity index (χ0v) is 31.1. The largest absolute Gasteiger partial charge is 0.310 e. The molecule has 0 unspecified atom stereocenters. The van der Waals surface area contributed by atoms with E-state index in [4.69, 9.17) is 0 Å². The Morgan fingerprint density at radius 2 is 0.722 bits per heavy atom. The molecule has 0 saturated heterocycles. The van der Waals surface area contributed by atoms with Crippen LogP contribution in [0.5, 0.6) is 0 Å². The number of para-hydroxylation sites is 2. The molecule has 54 heavy (non-hydrogen) atoms. The third kappa shape index (κ3) is 5.12. The van der Waals surface area contributed by atoms with E-state index in [-0.39, 0.29) is 0 Å². The van der Waals surface area contributed by atoms with Gasteiger partial charge in [0.25, 0.3) is 0 Å². The predicted molar refractivity (Wildman–Crippen MR) is 232 cm³/mol. The Morgan fingerprint density at radius 1 is 0.352 bits per heavy atom. The molecule has 0 aliphatic carbocycles. The molecular formula is C50H38N2OP+. The van der Waals surface area contributed by atoms with Crippen molar-refractivity contribution in [3.05, 3.63) is 199 Å². The van der Waals surface area contributed by atoms with E-state index >= 15 is 0 Å². The summed E-state index contributed by atoms with van der Waals surface area (Å²) in [5.74, 6) is 0. The van der Waals surface area contributed by atoms with Gasteiger partial charge >= 0.3 is 0 Å². The molecule has 10 rings (SSSR count). The Hall–Kier alpha value is -6.25. The van der Waals surface area contributed by atoms with E-state index in [0.29, 0.717) is 0 Å². The number of hydrogen-bond acceptors (Lipinski definition) is 3. The number of aryl methyl sites for hydroxylation is 2. The van der Waals surface area contributed by atoms with E-state index in [1.807, 2.05) is 6.07 Å². The second-order valence-corrected chi connectivity index (χ2v) is 17.1. The summed E-state index contributed by atoms with van der Waals surface area (Å²) < 4.78 is 0. The first kappa shape index (κ1) is 32.4. The Morgan fingerprint density at radius 3 is 1.15 bits per heavy atom. The fourth-order valence-electron chi connectivity index (χ4n) is 8.33. The van der Waals surface area contributed by atoms with E-state index in [2.05, 4.69) is 206 Å². The molecule has 1 aliphatic rings. The van der Waals surface area contributed by atoms with Crippen LogP contribution in [0, 0.1) is 13.8 Å². The van der Waals surface area contributed by atoms with E-state index in [0.717, 1.165) is 71.6 Å². The summed E-state index contributed by atoms with van der Waals surface area (Å²) in [6.45, 7) is 4.24. The molecule has 1 N–H and O–H groups in total. The van der Waals surface area contributed by atoms with Crippen LogP contribution in [0.2, 0.25) is 0 Å². The molecule has 0 spiro atoms. The van der Waals surface area contributed by atoms with Gasteiger partial charge in [0.15, 0.2) is 0 Å². The second-order valence-electron chi connectivity index (χ2n) is 14.3. The van der Waals surface area contributed by atoms with Gasteiger partial charge in [-0.05, 0) is 103 Å². The van der Waals surface area contributed by atoms with Crippen LogP contribution < -0.4 is 25.7 Å². The third-order valence-electron chi connectivity index (χ3n) is 10.9. The van der Waals surface area contributed by atoms with Crippen molar-refractivity contribution < 1.29 is 4.89 Å². The summed E-state index contributed by atoms with van der Waals surface area (Å²) in [5, 5.41) is 9.80. The maximum absolute atomic E-state index is 14.0. The molecule has 3 nitrogen and oxygen atoms in total. The molecule has 4 heteroatoms. The van der Waals surface area contributed by atoms with Crippen LogP contribution in [-0.2, 0) is 0 Å². The van der Waals surface area contributed by atoms with Crippen molar-refractivity contribution in [1.29, 1.82) is 0 Å². The topological polar surface area (TPSA) is 26.7 Å². The van der Waals surface area contributed by atoms with Gasteiger partial charge in [-0.25, -0.2) is 4.89 Å². The minimum atomic E-state index is -3.23. The predicted octanol–water partition coefficient (Wildman–Crippen LogP) is 12.2. The van der Waals surface area contributed by atoms with Gasteiger partial charge in [0.1, 0.15) is 15.9 Å². The van der Waals surface area contributed by atoms with E-state index in [9.17, 15) is 4.89 Å². The van der Waals surface area contributed by atoms with Crippen molar-refractivity contribution in [1.82, 2.24) is 0 Å². The average Bonchev–Trinajstić information content (AvgIpc) is 3.22. The molecule has 0 aromatic heterocycles. The molecule has 0 saturated carbocycles. The maximum Gasteiger partial charge on any atom is 0.240 e. The molecule has 0 radical (unpaired) electrons. The molecular weight excluding hydrogens is 676 g/mol.